The summed E-state index contributed by atoms with van der Waals surface area (Å²) < 4.78 is 13.0. The Morgan fingerprint density at radius 3 is 2.68 bits per heavy atom. The molecular weight excluding hydrogens is 352 g/mol. The zero-order valence-corrected chi connectivity index (χ0v) is 15.9. The van der Waals surface area contributed by atoms with Crippen molar-refractivity contribution in [2.24, 2.45) is 5.73 Å². The topological polar surface area (TPSA) is 66.5 Å². The SMILES string of the molecule is COCc1c[c]c2c3c(C(N)=O)cccc3n(Cc3ccccc3OC)c2c1. The first-order valence-electron chi connectivity index (χ1n) is 9.00. The summed E-state index contributed by atoms with van der Waals surface area (Å²) in [7, 11) is 3.33. The molecule has 0 aliphatic carbocycles. The van der Waals surface area contributed by atoms with Crippen LogP contribution in [0.2, 0.25) is 0 Å². The van der Waals surface area contributed by atoms with Crippen molar-refractivity contribution in [1.82, 2.24) is 4.57 Å². The number of primary amides is 1. The van der Waals surface area contributed by atoms with E-state index in [1.165, 1.54) is 0 Å². The molecule has 0 bridgehead atoms. The van der Waals surface area contributed by atoms with Crippen LogP contribution in [0.15, 0.2) is 54.6 Å². The Bertz CT molecular complexity index is 1180. The van der Waals surface area contributed by atoms with Crippen LogP contribution in [0.5, 0.6) is 5.75 Å². The predicted octanol–water partition coefficient (Wildman–Crippen LogP) is 3.90. The first-order chi connectivity index (χ1) is 13.6. The molecule has 4 rings (SSSR count). The van der Waals surface area contributed by atoms with Gasteiger partial charge in [0.2, 0.25) is 5.91 Å². The second kappa shape index (κ2) is 7.37. The molecule has 3 aromatic carbocycles. The van der Waals surface area contributed by atoms with E-state index in [0.717, 1.165) is 38.7 Å². The summed E-state index contributed by atoms with van der Waals surface area (Å²) in [6.07, 6.45) is 0. The van der Waals surface area contributed by atoms with Gasteiger partial charge in [0.05, 0.1) is 31.3 Å². The molecule has 1 radical (unpaired) electrons. The normalized spacial score (nSPS) is 11.2. The number of rotatable bonds is 6. The maximum absolute atomic E-state index is 12.1. The minimum Gasteiger partial charge on any atom is -0.496 e. The fourth-order valence-corrected chi connectivity index (χ4v) is 3.73. The first-order valence-corrected chi connectivity index (χ1v) is 9.00. The number of hydrogen-bond donors (Lipinski definition) is 1. The maximum Gasteiger partial charge on any atom is 0.249 e. The molecule has 5 nitrogen and oxygen atoms in total. The molecule has 1 aromatic heterocycles. The van der Waals surface area contributed by atoms with E-state index in [-0.39, 0.29) is 0 Å². The van der Waals surface area contributed by atoms with Crippen molar-refractivity contribution in [3.05, 3.63) is 77.4 Å². The summed E-state index contributed by atoms with van der Waals surface area (Å²) in [4.78, 5) is 12.1. The zero-order valence-electron chi connectivity index (χ0n) is 15.9. The fourth-order valence-electron chi connectivity index (χ4n) is 3.73. The van der Waals surface area contributed by atoms with Crippen molar-refractivity contribution in [1.29, 1.82) is 0 Å². The first kappa shape index (κ1) is 18.1. The monoisotopic (exact) mass is 373 g/mol. The number of hydrogen-bond acceptors (Lipinski definition) is 3. The summed E-state index contributed by atoms with van der Waals surface area (Å²) in [5.74, 6) is 0.372. The Morgan fingerprint density at radius 2 is 1.93 bits per heavy atom. The summed E-state index contributed by atoms with van der Waals surface area (Å²) in [5, 5.41) is 1.70. The van der Waals surface area contributed by atoms with E-state index < -0.39 is 5.91 Å². The molecule has 141 valence electrons. The largest absolute Gasteiger partial charge is 0.496 e. The molecule has 2 N–H and O–H groups in total. The number of nitrogens with zero attached hydrogens (tertiary/aromatic N) is 1. The average molecular weight is 373 g/mol. The van der Waals surface area contributed by atoms with Crippen LogP contribution in [0.3, 0.4) is 0 Å². The van der Waals surface area contributed by atoms with E-state index in [9.17, 15) is 4.79 Å². The van der Waals surface area contributed by atoms with Crippen LogP contribution < -0.4 is 10.5 Å². The Balaban J connectivity index is 2.02. The minimum atomic E-state index is -0.448. The fraction of sp³-hybridized carbons (Fsp3) is 0.174. The Morgan fingerprint density at radius 1 is 1.11 bits per heavy atom. The lowest BCUT2D eigenvalue weighted by atomic mass is 10.0. The third-order valence-electron chi connectivity index (χ3n) is 4.95. The number of methoxy groups -OCH3 is 2. The second-order valence-electron chi connectivity index (χ2n) is 6.66. The number of amides is 1. The molecule has 1 amide bonds. The second-order valence-corrected chi connectivity index (χ2v) is 6.66. The Labute approximate surface area is 163 Å². The molecule has 0 atom stereocenters. The Kier molecular flexibility index (Phi) is 4.75. The quantitative estimate of drug-likeness (QED) is 0.557. The van der Waals surface area contributed by atoms with Gasteiger partial charge in [-0.05, 0) is 42.0 Å². The van der Waals surface area contributed by atoms with Crippen molar-refractivity contribution in [2.45, 2.75) is 13.2 Å². The van der Waals surface area contributed by atoms with Crippen molar-refractivity contribution < 1.29 is 14.3 Å². The summed E-state index contributed by atoms with van der Waals surface area (Å²) in [6.45, 7) is 1.09. The number of aromatic nitrogens is 1. The van der Waals surface area contributed by atoms with Crippen LogP contribution in [-0.4, -0.2) is 24.7 Å². The number of ether oxygens (including phenoxy) is 2. The van der Waals surface area contributed by atoms with Crippen LogP contribution in [0.25, 0.3) is 21.8 Å². The van der Waals surface area contributed by atoms with Crippen LogP contribution in [0, 0.1) is 6.07 Å². The number of para-hydroxylation sites is 1. The average Bonchev–Trinajstić information content (AvgIpc) is 3.02. The van der Waals surface area contributed by atoms with Gasteiger partial charge in [0, 0.05) is 29.0 Å². The molecule has 0 spiro atoms. The summed E-state index contributed by atoms with van der Waals surface area (Å²) in [6, 6.07) is 20.9. The number of benzene rings is 3. The molecule has 4 aromatic rings. The molecular formula is C23H21N2O3. The summed E-state index contributed by atoms with van der Waals surface area (Å²) >= 11 is 0. The van der Waals surface area contributed by atoms with E-state index in [1.54, 1.807) is 20.3 Å². The number of nitrogens with two attached hydrogens (primary N) is 1. The molecule has 0 saturated carbocycles. The van der Waals surface area contributed by atoms with Crippen LogP contribution in [0.1, 0.15) is 21.5 Å². The van der Waals surface area contributed by atoms with Crippen LogP contribution in [0.4, 0.5) is 0 Å². The lowest BCUT2D eigenvalue weighted by molar-refractivity contribution is 0.100. The Hall–Kier alpha value is -3.31. The highest BCUT2D eigenvalue weighted by molar-refractivity contribution is 6.17. The molecule has 0 unspecified atom stereocenters. The van der Waals surface area contributed by atoms with E-state index in [4.69, 9.17) is 15.2 Å². The third kappa shape index (κ3) is 3.00. The number of carbonyl (C=O) groups excluding carboxylic acids is 1. The van der Waals surface area contributed by atoms with Gasteiger partial charge in [-0.3, -0.25) is 4.79 Å². The van der Waals surface area contributed by atoms with Gasteiger partial charge in [-0.25, -0.2) is 0 Å². The predicted molar refractivity (Wildman–Crippen MR) is 110 cm³/mol. The van der Waals surface area contributed by atoms with Gasteiger partial charge in [-0.2, -0.15) is 0 Å². The van der Waals surface area contributed by atoms with Gasteiger partial charge in [-0.15, -0.1) is 0 Å². The van der Waals surface area contributed by atoms with E-state index in [0.29, 0.717) is 18.7 Å². The lowest BCUT2D eigenvalue weighted by Gasteiger charge is -2.12. The molecule has 0 aliphatic rings. The third-order valence-corrected chi connectivity index (χ3v) is 4.95. The van der Waals surface area contributed by atoms with Gasteiger partial charge >= 0.3 is 0 Å². The van der Waals surface area contributed by atoms with Gasteiger partial charge < -0.3 is 19.8 Å². The molecule has 0 saturated heterocycles. The van der Waals surface area contributed by atoms with Crippen molar-refractivity contribution in [3.63, 3.8) is 0 Å². The smallest absolute Gasteiger partial charge is 0.249 e. The van der Waals surface area contributed by atoms with E-state index in [1.807, 2.05) is 42.5 Å². The van der Waals surface area contributed by atoms with Crippen molar-refractivity contribution in [3.8, 4) is 5.75 Å². The number of fused-ring (bicyclic) bond motifs is 3. The lowest BCUT2D eigenvalue weighted by Crippen LogP contribution is -2.11. The highest BCUT2D eigenvalue weighted by Gasteiger charge is 2.18. The van der Waals surface area contributed by atoms with Gasteiger partial charge in [0.25, 0.3) is 0 Å². The van der Waals surface area contributed by atoms with E-state index >= 15 is 0 Å². The summed E-state index contributed by atoms with van der Waals surface area (Å²) in [5.41, 5.74) is 10.1. The van der Waals surface area contributed by atoms with Crippen molar-refractivity contribution in [2.75, 3.05) is 14.2 Å². The van der Waals surface area contributed by atoms with Crippen LogP contribution in [-0.2, 0) is 17.9 Å². The van der Waals surface area contributed by atoms with Gasteiger partial charge in [0.15, 0.2) is 0 Å². The van der Waals surface area contributed by atoms with Crippen molar-refractivity contribution >= 4 is 27.7 Å². The minimum absolute atomic E-state index is 0.448. The molecule has 1 heterocycles. The molecule has 5 heteroatoms. The number of carbonyl (C=O) groups is 1. The molecule has 28 heavy (non-hydrogen) atoms. The molecule has 0 fully saturated rings. The standard InChI is InChI=1S/C23H21N2O3/c1-27-14-15-10-11-17-20(12-15)25(13-16-6-3-4-9-21(16)28-2)19-8-5-7-18(22(17)19)23(24)26/h3-10,12H,13-14H2,1-2H3,(H2,24,26). The molecule has 0 aliphatic heterocycles. The van der Waals surface area contributed by atoms with Gasteiger partial charge in [-0.1, -0.05) is 24.3 Å². The van der Waals surface area contributed by atoms with Crippen LogP contribution >= 0.6 is 0 Å². The van der Waals surface area contributed by atoms with E-state index in [2.05, 4.69) is 16.7 Å². The van der Waals surface area contributed by atoms with Gasteiger partial charge in [0.1, 0.15) is 5.75 Å². The maximum atomic E-state index is 12.1. The highest BCUT2D eigenvalue weighted by atomic mass is 16.5. The zero-order chi connectivity index (χ0) is 19.7. The highest BCUT2D eigenvalue weighted by Crippen LogP contribution is 2.33.